The molecule has 4 heteroatoms. The summed E-state index contributed by atoms with van der Waals surface area (Å²) in [5, 5.41) is 3.22. The summed E-state index contributed by atoms with van der Waals surface area (Å²) >= 11 is 0. The molecule has 0 aliphatic heterocycles. The van der Waals surface area contributed by atoms with Crippen molar-refractivity contribution in [2.75, 3.05) is 12.4 Å². The molecule has 1 aromatic rings. The third-order valence-electron chi connectivity index (χ3n) is 2.73. The Kier molecular flexibility index (Phi) is 4.94. The van der Waals surface area contributed by atoms with Gasteiger partial charge in [0.25, 0.3) is 0 Å². The molecule has 17 heavy (non-hydrogen) atoms. The quantitative estimate of drug-likeness (QED) is 0.802. The number of ether oxygens (including phenoxy) is 1. The topological polar surface area (TPSA) is 38.3 Å². The zero-order chi connectivity index (χ0) is 12.8. The second-order valence-corrected chi connectivity index (χ2v) is 3.84. The average molecular weight is 239 g/mol. The van der Waals surface area contributed by atoms with E-state index in [1.165, 1.54) is 19.2 Å². The van der Waals surface area contributed by atoms with E-state index in [0.717, 1.165) is 12.8 Å². The van der Waals surface area contributed by atoms with E-state index in [0.29, 0.717) is 5.69 Å². The molecule has 0 aromatic heterocycles. The highest BCUT2D eigenvalue weighted by Gasteiger charge is 2.14. The van der Waals surface area contributed by atoms with Crippen LogP contribution in [0.4, 0.5) is 10.1 Å². The first-order chi connectivity index (χ1) is 8.12. The smallest absolute Gasteiger partial charge is 0.340 e. The molecule has 94 valence electrons. The minimum atomic E-state index is -0.530. The van der Waals surface area contributed by atoms with Crippen molar-refractivity contribution in [3.05, 3.63) is 29.6 Å². The van der Waals surface area contributed by atoms with Crippen LogP contribution in [-0.2, 0) is 4.74 Å². The second kappa shape index (κ2) is 6.23. The first-order valence-corrected chi connectivity index (χ1v) is 5.76. The van der Waals surface area contributed by atoms with Gasteiger partial charge in [-0.1, -0.05) is 13.8 Å². The predicted octanol–water partition coefficient (Wildman–Crippen LogP) is 3.21. The molecule has 3 nitrogen and oxygen atoms in total. The van der Waals surface area contributed by atoms with Crippen molar-refractivity contribution < 1.29 is 13.9 Å². The van der Waals surface area contributed by atoms with E-state index in [9.17, 15) is 9.18 Å². The van der Waals surface area contributed by atoms with Gasteiger partial charge in [0.15, 0.2) is 0 Å². The largest absolute Gasteiger partial charge is 0.465 e. The van der Waals surface area contributed by atoms with E-state index < -0.39 is 11.8 Å². The monoisotopic (exact) mass is 239 g/mol. The fourth-order valence-electron chi connectivity index (χ4n) is 1.63. The number of benzene rings is 1. The molecule has 0 heterocycles. The summed E-state index contributed by atoms with van der Waals surface area (Å²) in [6, 6.07) is 4.36. The van der Waals surface area contributed by atoms with Crippen LogP contribution in [0.15, 0.2) is 18.2 Å². The summed E-state index contributed by atoms with van der Waals surface area (Å²) < 4.78 is 17.7. The van der Waals surface area contributed by atoms with Crippen LogP contribution in [0.2, 0.25) is 0 Å². The Bertz CT molecular complexity index is 389. The van der Waals surface area contributed by atoms with Gasteiger partial charge in [0.05, 0.1) is 12.7 Å². The number of nitrogens with one attached hydrogen (secondary N) is 1. The molecule has 1 N–H and O–H groups in total. The van der Waals surface area contributed by atoms with Crippen molar-refractivity contribution in [1.29, 1.82) is 0 Å². The molecule has 1 rings (SSSR count). The molecule has 0 atom stereocenters. The minimum absolute atomic E-state index is 0.236. The fourth-order valence-corrected chi connectivity index (χ4v) is 1.63. The summed E-state index contributed by atoms with van der Waals surface area (Å²) in [5.41, 5.74) is 0.853. The van der Waals surface area contributed by atoms with Crippen molar-refractivity contribution in [1.82, 2.24) is 0 Å². The average Bonchev–Trinajstić information content (AvgIpc) is 2.36. The van der Waals surface area contributed by atoms with Gasteiger partial charge in [-0.3, -0.25) is 0 Å². The molecular weight excluding hydrogens is 221 g/mol. The van der Waals surface area contributed by atoms with Crippen molar-refractivity contribution in [2.24, 2.45) is 0 Å². The highest BCUT2D eigenvalue weighted by atomic mass is 19.1. The van der Waals surface area contributed by atoms with Crippen LogP contribution < -0.4 is 5.32 Å². The number of rotatable bonds is 5. The van der Waals surface area contributed by atoms with Gasteiger partial charge in [0.2, 0.25) is 0 Å². The molecule has 0 amide bonds. The molecule has 0 bridgehead atoms. The number of carbonyl (C=O) groups excluding carboxylic acids is 1. The summed E-state index contributed by atoms with van der Waals surface area (Å²) in [6.07, 6.45) is 1.88. The maximum Gasteiger partial charge on any atom is 0.340 e. The van der Waals surface area contributed by atoms with Crippen LogP contribution in [0.3, 0.4) is 0 Å². The molecular formula is C13H18FNO2. The highest BCUT2D eigenvalue weighted by molar-refractivity contribution is 5.95. The number of esters is 1. The highest BCUT2D eigenvalue weighted by Crippen LogP contribution is 2.20. The van der Waals surface area contributed by atoms with Gasteiger partial charge in [0, 0.05) is 11.7 Å². The Morgan fingerprint density at radius 3 is 2.59 bits per heavy atom. The summed E-state index contributed by atoms with van der Waals surface area (Å²) in [6.45, 7) is 4.12. The van der Waals surface area contributed by atoms with Gasteiger partial charge < -0.3 is 10.1 Å². The maximum absolute atomic E-state index is 13.1. The van der Waals surface area contributed by atoms with Crippen molar-refractivity contribution >= 4 is 11.7 Å². The summed E-state index contributed by atoms with van der Waals surface area (Å²) in [7, 11) is 1.29. The number of halogens is 1. The SMILES string of the molecule is CCC(CC)Nc1ccc(F)cc1C(=O)OC. The lowest BCUT2D eigenvalue weighted by Crippen LogP contribution is -2.19. The normalized spacial score (nSPS) is 10.4. The molecule has 0 unspecified atom stereocenters. The summed E-state index contributed by atoms with van der Waals surface area (Å²) in [5.74, 6) is -0.974. The van der Waals surface area contributed by atoms with Gasteiger partial charge in [-0.25, -0.2) is 9.18 Å². The third-order valence-corrected chi connectivity index (χ3v) is 2.73. The number of hydrogen-bond acceptors (Lipinski definition) is 3. The van der Waals surface area contributed by atoms with E-state index in [1.54, 1.807) is 6.07 Å². The Hall–Kier alpha value is -1.58. The van der Waals surface area contributed by atoms with Gasteiger partial charge >= 0.3 is 5.97 Å². The van der Waals surface area contributed by atoms with Gasteiger partial charge in [0.1, 0.15) is 5.82 Å². The predicted molar refractivity (Wildman–Crippen MR) is 65.7 cm³/mol. The van der Waals surface area contributed by atoms with Crippen LogP contribution in [0.1, 0.15) is 37.0 Å². The van der Waals surface area contributed by atoms with Gasteiger partial charge in [-0.15, -0.1) is 0 Å². The number of anilines is 1. The zero-order valence-corrected chi connectivity index (χ0v) is 10.4. The van der Waals surface area contributed by atoms with Crippen LogP contribution in [0.5, 0.6) is 0 Å². The van der Waals surface area contributed by atoms with Crippen molar-refractivity contribution in [2.45, 2.75) is 32.7 Å². The van der Waals surface area contributed by atoms with E-state index >= 15 is 0 Å². The van der Waals surface area contributed by atoms with E-state index in [1.807, 2.05) is 0 Å². The van der Waals surface area contributed by atoms with Gasteiger partial charge in [-0.05, 0) is 31.0 Å². The van der Waals surface area contributed by atoms with Crippen LogP contribution in [0.25, 0.3) is 0 Å². The number of methoxy groups -OCH3 is 1. The molecule has 0 aliphatic carbocycles. The standard InChI is InChI=1S/C13H18FNO2/c1-4-10(5-2)15-12-7-6-9(14)8-11(12)13(16)17-3/h6-8,10,15H,4-5H2,1-3H3. The lowest BCUT2D eigenvalue weighted by molar-refractivity contribution is 0.0601. The molecule has 0 saturated heterocycles. The Morgan fingerprint density at radius 2 is 2.06 bits per heavy atom. The van der Waals surface area contributed by atoms with Crippen LogP contribution >= 0.6 is 0 Å². The minimum Gasteiger partial charge on any atom is -0.465 e. The third kappa shape index (κ3) is 3.44. The molecule has 0 fully saturated rings. The first-order valence-electron chi connectivity index (χ1n) is 5.76. The Morgan fingerprint density at radius 1 is 1.41 bits per heavy atom. The molecule has 0 spiro atoms. The van der Waals surface area contributed by atoms with Crippen molar-refractivity contribution in [3.63, 3.8) is 0 Å². The van der Waals surface area contributed by atoms with E-state index in [4.69, 9.17) is 0 Å². The molecule has 0 saturated carbocycles. The van der Waals surface area contributed by atoms with E-state index in [-0.39, 0.29) is 11.6 Å². The molecule has 0 radical (unpaired) electrons. The number of carbonyl (C=O) groups is 1. The summed E-state index contributed by atoms with van der Waals surface area (Å²) in [4.78, 5) is 11.5. The van der Waals surface area contributed by atoms with Crippen LogP contribution in [-0.4, -0.2) is 19.1 Å². The van der Waals surface area contributed by atoms with Gasteiger partial charge in [-0.2, -0.15) is 0 Å². The lowest BCUT2D eigenvalue weighted by atomic mass is 10.1. The zero-order valence-electron chi connectivity index (χ0n) is 10.4. The van der Waals surface area contributed by atoms with Crippen molar-refractivity contribution in [3.8, 4) is 0 Å². The lowest BCUT2D eigenvalue weighted by Gasteiger charge is -2.18. The Labute approximate surface area is 101 Å². The van der Waals surface area contributed by atoms with E-state index in [2.05, 4.69) is 23.9 Å². The number of hydrogen-bond donors (Lipinski definition) is 1. The first kappa shape index (κ1) is 13.5. The Balaban J connectivity index is 3.01. The van der Waals surface area contributed by atoms with Crippen LogP contribution in [0, 0.1) is 5.82 Å². The second-order valence-electron chi connectivity index (χ2n) is 3.84. The fraction of sp³-hybridized carbons (Fsp3) is 0.462. The molecule has 0 aliphatic rings. The molecule has 1 aromatic carbocycles. The maximum atomic E-state index is 13.1.